The summed E-state index contributed by atoms with van der Waals surface area (Å²) < 4.78 is 22.4. The largest absolute Gasteiger partial charge is 0.328 e. The highest BCUT2D eigenvalue weighted by Crippen LogP contribution is 2.19. The average molecular weight is 230 g/mol. The molecular weight excluding hydrogens is 212 g/mol. The highest BCUT2D eigenvalue weighted by Gasteiger charge is 2.25. The molecule has 0 aromatic carbocycles. The minimum absolute atomic E-state index is 0.00863. The zero-order valence-corrected chi connectivity index (χ0v) is 9.54. The monoisotopic (exact) mass is 230 g/mol. The van der Waals surface area contributed by atoms with Gasteiger partial charge < -0.3 is 11.1 Å². The van der Waals surface area contributed by atoms with Crippen LogP contribution in [-0.2, 0) is 9.84 Å². The van der Waals surface area contributed by atoms with Gasteiger partial charge in [0.15, 0.2) is 9.84 Å². The van der Waals surface area contributed by atoms with Gasteiger partial charge in [-0.25, -0.2) is 8.42 Å². The molecule has 3 N–H and O–H groups in total. The summed E-state index contributed by atoms with van der Waals surface area (Å²) in [4.78, 5) is 0. The van der Waals surface area contributed by atoms with Crippen LogP contribution in [0.1, 0.15) is 25.7 Å². The summed E-state index contributed by atoms with van der Waals surface area (Å²) in [5, 5.41) is 4.69. The summed E-state index contributed by atoms with van der Waals surface area (Å²) in [7, 11) is -2.92. The van der Waals surface area contributed by atoms with Crippen molar-refractivity contribution in [3.8, 4) is 0 Å². The van der Waals surface area contributed by atoms with Crippen molar-refractivity contribution in [1.29, 1.82) is 0 Å². The first kappa shape index (κ1) is 11.1. The van der Waals surface area contributed by atoms with Crippen LogP contribution in [0.15, 0.2) is 11.5 Å². The van der Waals surface area contributed by atoms with Crippen molar-refractivity contribution in [2.75, 3.05) is 5.75 Å². The molecule has 0 bridgehead atoms. The van der Waals surface area contributed by atoms with Crippen LogP contribution < -0.4 is 11.1 Å². The summed E-state index contributed by atoms with van der Waals surface area (Å²) >= 11 is 0. The number of rotatable bonds is 2. The van der Waals surface area contributed by atoms with Gasteiger partial charge in [0.05, 0.1) is 5.75 Å². The smallest absolute Gasteiger partial charge is 0.173 e. The first-order valence-electron chi connectivity index (χ1n) is 5.48. The van der Waals surface area contributed by atoms with E-state index in [9.17, 15) is 8.42 Å². The number of hydrogen-bond donors (Lipinski definition) is 2. The van der Waals surface area contributed by atoms with E-state index in [1.54, 1.807) is 6.08 Å². The normalized spacial score (nSPS) is 39.4. The van der Waals surface area contributed by atoms with E-state index in [-0.39, 0.29) is 11.8 Å². The first-order chi connectivity index (χ1) is 7.05. The van der Waals surface area contributed by atoms with E-state index < -0.39 is 9.84 Å². The van der Waals surface area contributed by atoms with Crippen molar-refractivity contribution in [2.24, 2.45) is 5.73 Å². The van der Waals surface area contributed by atoms with Crippen molar-refractivity contribution in [1.82, 2.24) is 5.32 Å². The molecule has 1 saturated carbocycles. The van der Waals surface area contributed by atoms with Gasteiger partial charge in [-0.3, -0.25) is 0 Å². The lowest BCUT2D eigenvalue weighted by atomic mass is 9.91. The predicted molar refractivity (Wildman–Crippen MR) is 60.1 cm³/mol. The van der Waals surface area contributed by atoms with Crippen LogP contribution in [-0.4, -0.2) is 32.3 Å². The molecule has 5 heteroatoms. The van der Waals surface area contributed by atoms with Crippen LogP contribution in [0.5, 0.6) is 0 Å². The second-order valence-electron chi connectivity index (χ2n) is 4.54. The van der Waals surface area contributed by atoms with Crippen LogP contribution >= 0.6 is 0 Å². The number of hydrogen-bond acceptors (Lipinski definition) is 4. The van der Waals surface area contributed by atoms with Crippen molar-refractivity contribution in [2.45, 2.75) is 43.8 Å². The van der Waals surface area contributed by atoms with E-state index in [0.717, 1.165) is 25.7 Å². The van der Waals surface area contributed by atoms with E-state index in [1.165, 1.54) is 5.41 Å². The molecule has 0 saturated heterocycles. The maximum Gasteiger partial charge on any atom is 0.173 e. The second kappa shape index (κ2) is 4.23. The summed E-state index contributed by atoms with van der Waals surface area (Å²) in [5.74, 6) is 0.218. The van der Waals surface area contributed by atoms with E-state index in [2.05, 4.69) is 5.32 Å². The maximum absolute atomic E-state index is 11.2. The number of nitrogens with one attached hydrogen (secondary N) is 1. The lowest BCUT2D eigenvalue weighted by Gasteiger charge is -2.28. The molecule has 1 unspecified atom stereocenters. The van der Waals surface area contributed by atoms with Gasteiger partial charge in [0, 0.05) is 23.5 Å². The van der Waals surface area contributed by atoms with Gasteiger partial charge in [0.25, 0.3) is 0 Å². The molecule has 0 aromatic heterocycles. The molecule has 1 heterocycles. The molecule has 2 aliphatic rings. The lowest BCUT2D eigenvalue weighted by Crippen LogP contribution is -2.43. The third kappa shape index (κ3) is 3.03. The lowest BCUT2D eigenvalue weighted by molar-refractivity contribution is 0.335. The van der Waals surface area contributed by atoms with Crippen molar-refractivity contribution in [3.63, 3.8) is 0 Å². The van der Waals surface area contributed by atoms with Crippen molar-refractivity contribution < 1.29 is 8.42 Å². The van der Waals surface area contributed by atoms with Crippen LogP contribution in [0.4, 0.5) is 0 Å². The zero-order chi connectivity index (χ0) is 10.9. The summed E-state index contributed by atoms with van der Waals surface area (Å²) in [6.45, 7) is 0. The quantitative estimate of drug-likeness (QED) is 0.708. The van der Waals surface area contributed by atoms with Gasteiger partial charge in [0.2, 0.25) is 0 Å². The van der Waals surface area contributed by atoms with Gasteiger partial charge >= 0.3 is 0 Å². The van der Waals surface area contributed by atoms with Gasteiger partial charge in [0.1, 0.15) is 0 Å². The Morgan fingerprint density at radius 3 is 2.40 bits per heavy atom. The summed E-state index contributed by atoms with van der Waals surface area (Å²) in [6.07, 6.45) is 5.96. The minimum Gasteiger partial charge on any atom is -0.328 e. The van der Waals surface area contributed by atoms with Crippen LogP contribution in [0.3, 0.4) is 0 Å². The fourth-order valence-corrected chi connectivity index (χ4v) is 3.52. The summed E-state index contributed by atoms with van der Waals surface area (Å²) in [6, 6.07) is 0.785. The fourth-order valence-electron chi connectivity index (χ4n) is 2.27. The molecule has 2 rings (SSSR count). The molecule has 1 aliphatic carbocycles. The average Bonchev–Trinajstić information content (AvgIpc) is 2.50. The van der Waals surface area contributed by atoms with Crippen LogP contribution in [0.2, 0.25) is 0 Å². The highest BCUT2D eigenvalue weighted by molar-refractivity contribution is 7.94. The first-order valence-corrected chi connectivity index (χ1v) is 7.19. The summed E-state index contributed by atoms with van der Waals surface area (Å²) in [5.41, 5.74) is 5.81. The van der Waals surface area contributed by atoms with E-state index in [4.69, 9.17) is 5.73 Å². The Balaban J connectivity index is 1.82. The molecule has 1 aliphatic heterocycles. The standard InChI is InChI=1S/C10H18N2O2S/c11-8-1-3-9(4-2-8)12-10-5-6-15(13,14)7-10/h5-6,8-10,12H,1-4,7,11H2. The Kier molecular flexibility index (Phi) is 3.13. The maximum atomic E-state index is 11.2. The van der Waals surface area contributed by atoms with Gasteiger partial charge in [-0.15, -0.1) is 0 Å². The Bertz CT molecular complexity index is 342. The van der Waals surface area contributed by atoms with Gasteiger partial charge in [-0.05, 0) is 25.7 Å². The Morgan fingerprint density at radius 2 is 1.87 bits per heavy atom. The van der Waals surface area contributed by atoms with Crippen LogP contribution in [0.25, 0.3) is 0 Å². The molecule has 0 spiro atoms. The van der Waals surface area contributed by atoms with Crippen molar-refractivity contribution >= 4 is 9.84 Å². The highest BCUT2D eigenvalue weighted by atomic mass is 32.2. The van der Waals surface area contributed by atoms with E-state index in [0.29, 0.717) is 12.1 Å². The predicted octanol–water partition coefficient (Wildman–Crippen LogP) is 0.157. The molecule has 15 heavy (non-hydrogen) atoms. The molecule has 1 atom stereocenters. The third-order valence-electron chi connectivity index (χ3n) is 3.15. The second-order valence-corrected chi connectivity index (χ2v) is 6.47. The Hall–Kier alpha value is -0.390. The van der Waals surface area contributed by atoms with Crippen molar-refractivity contribution in [3.05, 3.63) is 11.5 Å². The molecule has 1 fully saturated rings. The SMILES string of the molecule is NC1CCC(NC2C=CS(=O)(=O)C2)CC1. The molecular formula is C10H18N2O2S. The third-order valence-corrected chi connectivity index (χ3v) is 4.55. The topological polar surface area (TPSA) is 72.2 Å². The number of nitrogens with two attached hydrogens (primary N) is 1. The van der Waals surface area contributed by atoms with Crippen LogP contribution in [0, 0.1) is 0 Å². The molecule has 4 nitrogen and oxygen atoms in total. The Labute approximate surface area is 90.8 Å². The van der Waals surface area contributed by atoms with E-state index >= 15 is 0 Å². The number of sulfone groups is 1. The zero-order valence-electron chi connectivity index (χ0n) is 8.72. The van der Waals surface area contributed by atoms with Gasteiger partial charge in [-0.2, -0.15) is 0 Å². The molecule has 0 aromatic rings. The minimum atomic E-state index is -2.92. The van der Waals surface area contributed by atoms with Gasteiger partial charge in [-0.1, -0.05) is 6.08 Å². The van der Waals surface area contributed by atoms with E-state index in [1.807, 2.05) is 0 Å². The Morgan fingerprint density at radius 1 is 1.20 bits per heavy atom. The molecule has 86 valence electrons. The molecule has 0 amide bonds. The molecule has 0 radical (unpaired) electrons. The fraction of sp³-hybridized carbons (Fsp3) is 0.800.